The Morgan fingerprint density at radius 3 is 2.84 bits per heavy atom. The highest BCUT2D eigenvalue weighted by atomic mass is 16.5. The molecule has 0 saturated heterocycles. The number of unbranched alkanes of at least 4 members (excludes halogenated alkanes) is 1. The van der Waals surface area contributed by atoms with Crippen molar-refractivity contribution >= 4 is 0 Å². The van der Waals surface area contributed by atoms with E-state index in [2.05, 4.69) is 31.1 Å². The highest BCUT2D eigenvalue weighted by molar-refractivity contribution is 5.29. The fourth-order valence-electron chi connectivity index (χ4n) is 1.56. The maximum atomic E-state index is 5.74. The molecule has 19 heavy (non-hydrogen) atoms. The van der Waals surface area contributed by atoms with Crippen molar-refractivity contribution in [3.05, 3.63) is 24.0 Å². The van der Waals surface area contributed by atoms with Gasteiger partial charge in [-0.05, 0) is 12.5 Å². The SMILES string of the molecule is CCCCOCCOc1ccncc1CNC(C)C. The van der Waals surface area contributed by atoms with E-state index in [0.29, 0.717) is 19.3 Å². The smallest absolute Gasteiger partial charge is 0.126 e. The lowest BCUT2D eigenvalue weighted by molar-refractivity contribution is 0.0976. The Labute approximate surface area is 116 Å². The average molecular weight is 266 g/mol. The van der Waals surface area contributed by atoms with Crippen LogP contribution in [0.5, 0.6) is 5.75 Å². The number of ether oxygens (including phenoxy) is 2. The second kappa shape index (κ2) is 9.75. The lowest BCUT2D eigenvalue weighted by Crippen LogP contribution is -2.22. The Kier molecular flexibility index (Phi) is 8.18. The molecule has 1 aromatic rings. The first-order chi connectivity index (χ1) is 9.24. The maximum Gasteiger partial charge on any atom is 0.126 e. The maximum absolute atomic E-state index is 5.74. The highest BCUT2D eigenvalue weighted by Crippen LogP contribution is 2.16. The predicted molar refractivity (Wildman–Crippen MR) is 77.4 cm³/mol. The van der Waals surface area contributed by atoms with Crippen molar-refractivity contribution in [3.8, 4) is 5.75 Å². The van der Waals surface area contributed by atoms with Gasteiger partial charge in [0.1, 0.15) is 12.4 Å². The summed E-state index contributed by atoms with van der Waals surface area (Å²) in [5.74, 6) is 0.891. The average Bonchev–Trinajstić information content (AvgIpc) is 2.41. The number of aromatic nitrogens is 1. The van der Waals surface area contributed by atoms with Crippen LogP contribution in [0.1, 0.15) is 39.2 Å². The van der Waals surface area contributed by atoms with Gasteiger partial charge in [0, 0.05) is 37.2 Å². The van der Waals surface area contributed by atoms with Crippen LogP contribution < -0.4 is 10.1 Å². The number of pyridine rings is 1. The van der Waals surface area contributed by atoms with Crippen LogP contribution in [0.25, 0.3) is 0 Å². The fourth-order valence-corrected chi connectivity index (χ4v) is 1.56. The van der Waals surface area contributed by atoms with Gasteiger partial charge in [-0.3, -0.25) is 4.98 Å². The zero-order valence-corrected chi connectivity index (χ0v) is 12.3. The largest absolute Gasteiger partial charge is 0.491 e. The standard InChI is InChI=1S/C15H26N2O2/c1-4-5-8-18-9-10-19-15-6-7-16-11-14(15)12-17-13(2)3/h6-7,11,13,17H,4-5,8-10,12H2,1-3H3. The van der Waals surface area contributed by atoms with Gasteiger partial charge < -0.3 is 14.8 Å². The molecule has 1 aromatic heterocycles. The minimum Gasteiger partial charge on any atom is -0.491 e. The van der Waals surface area contributed by atoms with Crippen LogP contribution in [-0.2, 0) is 11.3 Å². The van der Waals surface area contributed by atoms with Gasteiger partial charge in [-0.15, -0.1) is 0 Å². The van der Waals surface area contributed by atoms with Gasteiger partial charge in [0.2, 0.25) is 0 Å². The summed E-state index contributed by atoms with van der Waals surface area (Å²) in [5.41, 5.74) is 1.09. The van der Waals surface area contributed by atoms with Gasteiger partial charge >= 0.3 is 0 Å². The monoisotopic (exact) mass is 266 g/mol. The summed E-state index contributed by atoms with van der Waals surface area (Å²) in [6, 6.07) is 2.36. The second-order valence-corrected chi connectivity index (χ2v) is 4.83. The first-order valence-corrected chi connectivity index (χ1v) is 7.10. The van der Waals surface area contributed by atoms with E-state index in [1.165, 1.54) is 0 Å². The highest BCUT2D eigenvalue weighted by Gasteiger charge is 2.04. The van der Waals surface area contributed by atoms with Crippen LogP contribution in [0, 0.1) is 0 Å². The van der Waals surface area contributed by atoms with Gasteiger partial charge in [-0.25, -0.2) is 0 Å². The van der Waals surface area contributed by atoms with Crippen molar-refractivity contribution in [1.29, 1.82) is 0 Å². The van der Waals surface area contributed by atoms with Gasteiger partial charge in [0.25, 0.3) is 0 Å². The predicted octanol–water partition coefficient (Wildman–Crippen LogP) is 2.78. The third-order valence-corrected chi connectivity index (χ3v) is 2.69. The third-order valence-electron chi connectivity index (χ3n) is 2.69. The molecule has 0 unspecified atom stereocenters. The Bertz CT molecular complexity index is 343. The van der Waals surface area contributed by atoms with E-state index >= 15 is 0 Å². The van der Waals surface area contributed by atoms with Gasteiger partial charge in [0.15, 0.2) is 0 Å². The zero-order chi connectivity index (χ0) is 13.9. The molecule has 1 rings (SSSR count). The van der Waals surface area contributed by atoms with Crippen LogP contribution >= 0.6 is 0 Å². The molecule has 0 spiro atoms. The number of nitrogens with one attached hydrogen (secondary N) is 1. The summed E-state index contributed by atoms with van der Waals surface area (Å²) < 4.78 is 11.2. The van der Waals surface area contributed by atoms with E-state index in [0.717, 1.165) is 37.3 Å². The molecule has 0 amide bonds. The number of nitrogens with zero attached hydrogens (tertiary/aromatic N) is 1. The molecule has 0 aromatic carbocycles. The summed E-state index contributed by atoms with van der Waals surface area (Å²) in [7, 11) is 0. The quantitative estimate of drug-likeness (QED) is 0.661. The Morgan fingerprint density at radius 1 is 1.26 bits per heavy atom. The first kappa shape index (κ1) is 15.9. The molecule has 0 bridgehead atoms. The summed E-state index contributed by atoms with van der Waals surface area (Å²) in [5, 5.41) is 3.37. The van der Waals surface area contributed by atoms with Crippen molar-refractivity contribution in [3.63, 3.8) is 0 Å². The Hall–Kier alpha value is -1.13. The molecule has 4 heteroatoms. The normalized spacial score (nSPS) is 10.9. The molecule has 108 valence electrons. The number of hydrogen-bond donors (Lipinski definition) is 1. The van der Waals surface area contributed by atoms with Crippen LogP contribution in [0.3, 0.4) is 0 Å². The number of rotatable bonds is 10. The molecular weight excluding hydrogens is 240 g/mol. The zero-order valence-electron chi connectivity index (χ0n) is 12.3. The number of hydrogen-bond acceptors (Lipinski definition) is 4. The fraction of sp³-hybridized carbons (Fsp3) is 0.667. The van der Waals surface area contributed by atoms with Crippen molar-refractivity contribution in [2.24, 2.45) is 0 Å². The van der Waals surface area contributed by atoms with E-state index < -0.39 is 0 Å². The van der Waals surface area contributed by atoms with Crippen molar-refractivity contribution < 1.29 is 9.47 Å². The van der Waals surface area contributed by atoms with Crippen molar-refractivity contribution in [2.45, 2.75) is 46.2 Å². The van der Waals surface area contributed by atoms with Crippen LogP contribution in [0.2, 0.25) is 0 Å². The molecule has 0 radical (unpaired) electrons. The summed E-state index contributed by atoms with van der Waals surface area (Å²) in [4.78, 5) is 4.14. The van der Waals surface area contributed by atoms with Crippen molar-refractivity contribution in [1.82, 2.24) is 10.3 Å². The summed E-state index contributed by atoms with van der Waals surface area (Å²) in [6.45, 7) is 9.22. The molecule has 4 nitrogen and oxygen atoms in total. The lowest BCUT2D eigenvalue weighted by atomic mass is 10.2. The Balaban J connectivity index is 2.31. The van der Waals surface area contributed by atoms with Gasteiger partial charge in [-0.2, -0.15) is 0 Å². The third kappa shape index (κ3) is 7.13. The van der Waals surface area contributed by atoms with Crippen molar-refractivity contribution in [2.75, 3.05) is 19.8 Å². The van der Waals surface area contributed by atoms with Crippen LogP contribution in [0.15, 0.2) is 18.5 Å². The summed E-state index contributed by atoms with van der Waals surface area (Å²) >= 11 is 0. The van der Waals surface area contributed by atoms with E-state index in [1.54, 1.807) is 6.20 Å². The Morgan fingerprint density at radius 2 is 2.11 bits per heavy atom. The minimum atomic E-state index is 0.449. The minimum absolute atomic E-state index is 0.449. The molecule has 1 N–H and O–H groups in total. The van der Waals surface area contributed by atoms with E-state index in [9.17, 15) is 0 Å². The lowest BCUT2D eigenvalue weighted by Gasteiger charge is -2.13. The van der Waals surface area contributed by atoms with E-state index in [-0.39, 0.29) is 0 Å². The van der Waals surface area contributed by atoms with E-state index in [4.69, 9.17) is 9.47 Å². The summed E-state index contributed by atoms with van der Waals surface area (Å²) in [6.07, 6.45) is 5.88. The first-order valence-electron chi connectivity index (χ1n) is 7.10. The molecule has 0 atom stereocenters. The molecule has 0 fully saturated rings. The molecule has 1 heterocycles. The molecule has 0 saturated carbocycles. The molecule has 0 aliphatic rings. The van der Waals surface area contributed by atoms with Crippen LogP contribution in [0.4, 0.5) is 0 Å². The second-order valence-electron chi connectivity index (χ2n) is 4.83. The molecule has 0 aliphatic carbocycles. The van der Waals surface area contributed by atoms with Crippen LogP contribution in [-0.4, -0.2) is 30.8 Å². The topological polar surface area (TPSA) is 43.4 Å². The van der Waals surface area contributed by atoms with Gasteiger partial charge in [-0.1, -0.05) is 27.2 Å². The molecular formula is C15H26N2O2. The van der Waals surface area contributed by atoms with E-state index in [1.807, 2.05) is 12.3 Å². The van der Waals surface area contributed by atoms with Gasteiger partial charge in [0.05, 0.1) is 6.61 Å². The molecule has 0 aliphatic heterocycles.